The van der Waals surface area contributed by atoms with Gasteiger partial charge in [-0.1, -0.05) is 36.8 Å². The quantitative estimate of drug-likeness (QED) is 0.813. The lowest BCUT2D eigenvalue weighted by Crippen LogP contribution is -2.49. The van der Waals surface area contributed by atoms with Crippen LogP contribution in [-0.4, -0.2) is 24.2 Å². The summed E-state index contributed by atoms with van der Waals surface area (Å²) in [5.74, 6) is 0.242. The molecule has 3 rings (SSSR count). The molecule has 0 bridgehead atoms. The van der Waals surface area contributed by atoms with Crippen LogP contribution in [0.5, 0.6) is 5.75 Å². The molecule has 0 saturated heterocycles. The van der Waals surface area contributed by atoms with Gasteiger partial charge in [0, 0.05) is 12.1 Å². The first kappa shape index (κ1) is 17.4. The molecule has 1 amide bonds. The molecule has 2 aromatic carbocycles. The van der Waals surface area contributed by atoms with Crippen LogP contribution >= 0.6 is 0 Å². The molecule has 1 aliphatic carbocycles. The lowest BCUT2D eigenvalue weighted by atomic mass is 9.64. The normalized spacial score (nSPS) is 15.3. The molecule has 5 heteroatoms. The highest BCUT2D eigenvalue weighted by Crippen LogP contribution is 2.44. The third-order valence-corrected chi connectivity index (χ3v) is 4.78. The third kappa shape index (κ3) is 3.66. The first-order valence-electron chi connectivity index (χ1n) is 8.52. The van der Waals surface area contributed by atoms with E-state index in [1.165, 1.54) is 12.1 Å². The van der Waals surface area contributed by atoms with Gasteiger partial charge in [-0.3, -0.25) is 4.79 Å². The molecule has 0 atom stereocenters. The van der Waals surface area contributed by atoms with Crippen LogP contribution in [-0.2, 0) is 16.8 Å². The SMILES string of the molecule is O=C(NCc1ccccc1OCCO)C1(c2cccc(F)c2)CCC1. The minimum atomic E-state index is -0.636. The predicted molar refractivity (Wildman–Crippen MR) is 92.8 cm³/mol. The second-order valence-corrected chi connectivity index (χ2v) is 6.31. The Bertz CT molecular complexity index is 743. The van der Waals surface area contributed by atoms with E-state index in [0.717, 1.165) is 30.4 Å². The Morgan fingerprint density at radius 2 is 2.00 bits per heavy atom. The summed E-state index contributed by atoms with van der Waals surface area (Å²) in [7, 11) is 0. The second-order valence-electron chi connectivity index (χ2n) is 6.31. The van der Waals surface area contributed by atoms with Crippen molar-refractivity contribution < 1.29 is 19.0 Å². The van der Waals surface area contributed by atoms with Gasteiger partial charge in [0.25, 0.3) is 0 Å². The van der Waals surface area contributed by atoms with Crippen molar-refractivity contribution in [3.8, 4) is 5.75 Å². The van der Waals surface area contributed by atoms with Crippen LogP contribution < -0.4 is 10.1 Å². The van der Waals surface area contributed by atoms with Crippen molar-refractivity contribution in [3.05, 3.63) is 65.5 Å². The van der Waals surface area contributed by atoms with Gasteiger partial charge in [-0.2, -0.15) is 0 Å². The van der Waals surface area contributed by atoms with Crippen molar-refractivity contribution in [2.24, 2.45) is 0 Å². The maximum atomic E-state index is 13.6. The van der Waals surface area contributed by atoms with Gasteiger partial charge < -0.3 is 15.2 Å². The van der Waals surface area contributed by atoms with E-state index < -0.39 is 5.41 Å². The van der Waals surface area contributed by atoms with Crippen molar-refractivity contribution in [1.82, 2.24) is 5.32 Å². The number of benzene rings is 2. The topological polar surface area (TPSA) is 58.6 Å². The van der Waals surface area contributed by atoms with E-state index in [0.29, 0.717) is 12.3 Å². The number of rotatable bonds is 7. The van der Waals surface area contributed by atoms with Gasteiger partial charge in [-0.15, -0.1) is 0 Å². The van der Waals surface area contributed by atoms with Gasteiger partial charge >= 0.3 is 0 Å². The van der Waals surface area contributed by atoms with Crippen molar-refractivity contribution in [2.45, 2.75) is 31.2 Å². The standard InChI is InChI=1S/C20H22FNO3/c21-17-7-3-6-16(13-17)20(9-4-10-20)19(24)22-14-15-5-1-2-8-18(15)25-12-11-23/h1-3,5-8,13,23H,4,9-12,14H2,(H,22,24). The van der Waals surface area contributed by atoms with Crippen molar-refractivity contribution in [2.75, 3.05) is 13.2 Å². The van der Waals surface area contributed by atoms with Crippen molar-refractivity contribution >= 4 is 5.91 Å². The molecule has 4 nitrogen and oxygen atoms in total. The average molecular weight is 343 g/mol. The number of hydrogen-bond acceptors (Lipinski definition) is 3. The Labute approximate surface area is 146 Å². The number of para-hydroxylation sites is 1. The molecular formula is C20H22FNO3. The summed E-state index contributed by atoms with van der Waals surface area (Å²) < 4.78 is 19.1. The van der Waals surface area contributed by atoms with E-state index in [1.807, 2.05) is 30.3 Å². The number of nitrogens with one attached hydrogen (secondary N) is 1. The molecule has 25 heavy (non-hydrogen) atoms. The van der Waals surface area contributed by atoms with Gasteiger partial charge in [0.15, 0.2) is 0 Å². The van der Waals surface area contributed by atoms with E-state index in [-0.39, 0.29) is 24.9 Å². The average Bonchev–Trinajstić information content (AvgIpc) is 2.58. The number of carbonyl (C=O) groups is 1. The Morgan fingerprint density at radius 3 is 2.68 bits per heavy atom. The van der Waals surface area contributed by atoms with Crippen LogP contribution in [0, 0.1) is 5.82 Å². The molecule has 0 aliphatic heterocycles. The monoisotopic (exact) mass is 343 g/mol. The lowest BCUT2D eigenvalue weighted by Gasteiger charge is -2.40. The largest absolute Gasteiger partial charge is 0.491 e. The maximum absolute atomic E-state index is 13.6. The Balaban J connectivity index is 1.72. The zero-order chi connectivity index (χ0) is 17.7. The van der Waals surface area contributed by atoms with E-state index in [9.17, 15) is 9.18 Å². The minimum Gasteiger partial charge on any atom is -0.491 e. The fraction of sp³-hybridized carbons (Fsp3) is 0.350. The fourth-order valence-corrected chi connectivity index (χ4v) is 3.25. The van der Waals surface area contributed by atoms with Crippen LogP contribution in [0.1, 0.15) is 30.4 Å². The third-order valence-electron chi connectivity index (χ3n) is 4.78. The highest BCUT2D eigenvalue weighted by Gasteiger charge is 2.45. The highest BCUT2D eigenvalue weighted by molar-refractivity contribution is 5.89. The van der Waals surface area contributed by atoms with Gasteiger partial charge in [-0.05, 0) is 36.6 Å². The number of carbonyl (C=O) groups excluding carboxylic acids is 1. The molecule has 2 aromatic rings. The number of aliphatic hydroxyl groups is 1. The second kappa shape index (κ2) is 7.66. The minimum absolute atomic E-state index is 0.0661. The summed E-state index contributed by atoms with van der Waals surface area (Å²) in [6, 6.07) is 13.7. The van der Waals surface area contributed by atoms with Crippen LogP contribution in [0.4, 0.5) is 4.39 Å². The maximum Gasteiger partial charge on any atom is 0.230 e. The molecule has 1 saturated carbocycles. The Hall–Kier alpha value is -2.40. The number of ether oxygens (including phenoxy) is 1. The summed E-state index contributed by atoms with van der Waals surface area (Å²) in [5, 5.41) is 11.9. The Kier molecular flexibility index (Phi) is 5.34. The van der Waals surface area contributed by atoms with Gasteiger partial charge in [0.1, 0.15) is 18.2 Å². The van der Waals surface area contributed by atoms with E-state index >= 15 is 0 Å². The van der Waals surface area contributed by atoms with Crippen molar-refractivity contribution in [3.63, 3.8) is 0 Å². The zero-order valence-corrected chi connectivity index (χ0v) is 14.0. The molecule has 1 fully saturated rings. The predicted octanol–water partition coefficient (Wildman–Crippen LogP) is 2.93. The van der Waals surface area contributed by atoms with Crippen molar-refractivity contribution in [1.29, 1.82) is 0 Å². The van der Waals surface area contributed by atoms with Crippen LogP contribution in [0.3, 0.4) is 0 Å². The molecule has 1 aliphatic rings. The van der Waals surface area contributed by atoms with Crippen LogP contribution in [0.2, 0.25) is 0 Å². The smallest absolute Gasteiger partial charge is 0.230 e. The first-order chi connectivity index (χ1) is 12.2. The summed E-state index contributed by atoms with van der Waals surface area (Å²) in [6.07, 6.45) is 2.41. The first-order valence-corrected chi connectivity index (χ1v) is 8.52. The highest BCUT2D eigenvalue weighted by atomic mass is 19.1. The summed E-state index contributed by atoms with van der Waals surface area (Å²) >= 11 is 0. The molecule has 0 aromatic heterocycles. The summed E-state index contributed by atoms with van der Waals surface area (Å²) in [5.41, 5.74) is 0.947. The van der Waals surface area contributed by atoms with Gasteiger partial charge in [0.05, 0.1) is 12.0 Å². The number of aliphatic hydroxyl groups excluding tert-OH is 1. The van der Waals surface area contributed by atoms with E-state index in [4.69, 9.17) is 9.84 Å². The molecule has 0 radical (unpaired) electrons. The van der Waals surface area contributed by atoms with Crippen LogP contribution in [0.25, 0.3) is 0 Å². The van der Waals surface area contributed by atoms with E-state index in [2.05, 4.69) is 5.32 Å². The van der Waals surface area contributed by atoms with Crippen LogP contribution in [0.15, 0.2) is 48.5 Å². The van der Waals surface area contributed by atoms with Gasteiger partial charge in [-0.25, -0.2) is 4.39 Å². The lowest BCUT2D eigenvalue weighted by molar-refractivity contribution is -0.130. The van der Waals surface area contributed by atoms with Gasteiger partial charge in [0.2, 0.25) is 5.91 Å². The molecule has 132 valence electrons. The molecule has 2 N–H and O–H groups in total. The number of halogens is 1. The molecule has 0 unspecified atom stereocenters. The zero-order valence-electron chi connectivity index (χ0n) is 14.0. The Morgan fingerprint density at radius 1 is 1.20 bits per heavy atom. The number of hydrogen-bond donors (Lipinski definition) is 2. The molecule has 0 spiro atoms. The molecular weight excluding hydrogens is 321 g/mol. The fourth-order valence-electron chi connectivity index (χ4n) is 3.25. The summed E-state index contributed by atoms with van der Waals surface area (Å²) in [4.78, 5) is 12.8. The number of amides is 1. The molecule has 0 heterocycles. The van der Waals surface area contributed by atoms with E-state index in [1.54, 1.807) is 6.07 Å². The summed E-state index contributed by atoms with van der Waals surface area (Å²) in [6.45, 7) is 0.471.